The molecule has 0 atom stereocenters. The van der Waals surface area contributed by atoms with Crippen LogP contribution in [0.4, 0.5) is 5.69 Å². The molecule has 136 valence electrons. The van der Waals surface area contributed by atoms with Crippen molar-refractivity contribution in [3.63, 3.8) is 0 Å². The van der Waals surface area contributed by atoms with E-state index < -0.39 is 10.0 Å². The molecule has 0 aliphatic rings. The predicted octanol–water partition coefficient (Wildman–Crippen LogP) is 2.44. The van der Waals surface area contributed by atoms with Gasteiger partial charge in [0.2, 0.25) is 21.7 Å². The molecule has 1 aromatic carbocycles. The van der Waals surface area contributed by atoms with Crippen molar-refractivity contribution in [3.8, 4) is 10.7 Å². The van der Waals surface area contributed by atoms with Crippen LogP contribution in [0.1, 0.15) is 16.2 Å². The Morgan fingerprint density at radius 1 is 1.27 bits per heavy atom. The van der Waals surface area contributed by atoms with Gasteiger partial charge in [-0.2, -0.15) is 4.98 Å². The lowest BCUT2D eigenvalue weighted by Gasteiger charge is -2.15. The molecule has 8 nitrogen and oxygen atoms in total. The number of amides is 1. The Labute approximate surface area is 154 Å². The maximum atomic E-state index is 12.5. The van der Waals surface area contributed by atoms with Crippen molar-refractivity contribution < 1.29 is 17.7 Å². The minimum atomic E-state index is -3.36. The summed E-state index contributed by atoms with van der Waals surface area (Å²) in [5, 5.41) is 5.83. The summed E-state index contributed by atoms with van der Waals surface area (Å²) in [4.78, 5) is 19.1. The molecule has 0 fully saturated rings. The molecule has 0 saturated carbocycles. The van der Waals surface area contributed by atoms with Crippen molar-refractivity contribution in [1.82, 2.24) is 15.0 Å². The first kappa shape index (κ1) is 18.1. The highest BCUT2D eigenvalue weighted by Crippen LogP contribution is 2.21. The molecule has 1 amide bonds. The summed E-state index contributed by atoms with van der Waals surface area (Å²) in [5.41, 5.74) is 0.814. The van der Waals surface area contributed by atoms with E-state index in [4.69, 9.17) is 4.52 Å². The van der Waals surface area contributed by atoms with Crippen LogP contribution in [0.3, 0.4) is 0 Å². The number of hydrogen-bond donors (Lipinski definition) is 1. The molecule has 0 saturated heterocycles. The molecule has 1 N–H and O–H groups in total. The van der Waals surface area contributed by atoms with Crippen LogP contribution >= 0.6 is 11.3 Å². The first-order valence-electron chi connectivity index (χ1n) is 7.51. The number of thiophene rings is 1. The number of hydrogen-bond acceptors (Lipinski definition) is 7. The van der Waals surface area contributed by atoms with Crippen molar-refractivity contribution in [2.75, 3.05) is 18.0 Å². The fourth-order valence-corrected chi connectivity index (χ4v) is 3.43. The second-order valence-electron chi connectivity index (χ2n) is 5.60. The number of aromatic nitrogens is 2. The maximum absolute atomic E-state index is 12.5. The molecular weight excluding hydrogens is 376 g/mol. The average molecular weight is 392 g/mol. The molecule has 0 radical (unpaired) electrons. The molecule has 10 heteroatoms. The molecule has 3 rings (SSSR count). The molecule has 3 aromatic rings. The first-order chi connectivity index (χ1) is 12.3. The molecule has 0 spiro atoms. The van der Waals surface area contributed by atoms with Crippen LogP contribution in [-0.4, -0.2) is 42.7 Å². The standard InChI is InChI=1S/C16H16N4O4S2/c1-20(10-14-17-15(18-24-14)13-4-3-9-25-13)16(21)11-5-7-12(8-6-11)19-26(2,22)23/h3-9,19H,10H2,1-2H3. The van der Waals surface area contributed by atoms with Crippen LogP contribution in [0.25, 0.3) is 10.7 Å². The largest absolute Gasteiger partial charge is 0.337 e. The maximum Gasteiger partial charge on any atom is 0.254 e. The Bertz CT molecular complexity index is 995. The summed E-state index contributed by atoms with van der Waals surface area (Å²) >= 11 is 1.50. The van der Waals surface area contributed by atoms with Crippen LogP contribution < -0.4 is 4.72 Å². The van der Waals surface area contributed by atoms with E-state index in [1.54, 1.807) is 19.2 Å². The minimum absolute atomic E-state index is 0.167. The van der Waals surface area contributed by atoms with Crippen LogP contribution in [-0.2, 0) is 16.6 Å². The highest BCUT2D eigenvalue weighted by atomic mass is 32.2. The number of nitrogens with one attached hydrogen (secondary N) is 1. The van der Waals surface area contributed by atoms with E-state index >= 15 is 0 Å². The summed E-state index contributed by atoms with van der Waals surface area (Å²) in [7, 11) is -1.73. The van der Waals surface area contributed by atoms with Gasteiger partial charge in [0, 0.05) is 18.3 Å². The lowest BCUT2D eigenvalue weighted by atomic mass is 10.2. The van der Waals surface area contributed by atoms with Gasteiger partial charge in [-0.15, -0.1) is 11.3 Å². The Morgan fingerprint density at radius 3 is 2.62 bits per heavy atom. The average Bonchev–Trinajstić information content (AvgIpc) is 3.24. The monoisotopic (exact) mass is 392 g/mol. The van der Waals surface area contributed by atoms with Gasteiger partial charge in [-0.25, -0.2) is 8.42 Å². The summed E-state index contributed by atoms with van der Waals surface area (Å²) in [5.74, 6) is 0.582. The van der Waals surface area contributed by atoms with Gasteiger partial charge in [0.1, 0.15) is 0 Å². The fraction of sp³-hybridized carbons (Fsp3) is 0.188. The Balaban J connectivity index is 1.66. The quantitative estimate of drug-likeness (QED) is 0.691. The third-order valence-corrected chi connectivity index (χ3v) is 4.84. The van der Waals surface area contributed by atoms with Crippen molar-refractivity contribution >= 4 is 33.0 Å². The second kappa shape index (κ2) is 7.26. The molecule has 26 heavy (non-hydrogen) atoms. The van der Waals surface area contributed by atoms with E-state index in [2.05, 4.69) is 14.9 Å². The number of anilines is 1. The fourth-order valence-electron chi connectivity index (χ4n) is 2.21. The highest BCUT2D eigenvalue weighted by Gasteiger charge is 2.16. The zero-order chi connectivity index (χ0) is 18.7. The molecule has 0 unspecified atom stereocenters. The smallest absolute Gasteiger partial charge is 0.254 e. The Morgan fingerprint density at radius 2 is 2.00 bits per heavy atom. The highest BCUT2D eigenvalue weighted by molar-refractivity contribution is 7.92. The lowest BCUT2D eigenvalue weighted by Crippen LogP contribution is -2.26. The summed E-state index contributed by atoms with van der Waals surface area (Å²) in [6, 6.07) is 9.95. The third kappa shape index (κ3) is 4.46. The van der Waals surface area contributed by atoms with Gasteiger partial charge < -0.3 is 9.42 Å². The van der Waals surface area contributed by atoms with Crippen LogP contribution in [0.15, 0.2) is 46.3 Å². The minimum Gasteiger partial charge on any atom is -0.337 e. The first-order valence-corrected chi connectivity index (χ1v) is 10.3. The van der Waals surface area contributed by atoms with E-state index in [0.29, 0.717) is 23.0 Å². The zero-order valence-corrected chi connectivity index (χ0v) is 15.7. The number of nitrogens with zero attached hydrogens (tertiary/aromatic N) is 3. The SMILES string of the molecule is CN(Cc1nc(-c2cccs2)no1)C(=O)c1ccc(NS(C)(=O)=O)cc1. The summed E-state index contributed by atoms with van der Waals surface area (Å²) < 4.78 is 30.0. The van der Waals surface area contributed by atoms with Crippen molar-refractivity contribution in [3.05, 3.63) is 53.2 Å². The summed E-state index contributed by atoms with van der Waals surface area (Å²) in [6.45, 7) is 0.167. The van der Waals surface area contributed by atoms with Crippen molar-refractivity contribution in [2.24, 2.45) is 0 Å². The van der Waals surface area contributed by atoms with E-state index in [1.807, 2.05) is 17.5 Å². The number of sulfonamides is 1. The second-order valence-corrected chi connectivity index (χ2v) is 8.30. The Hall–Kier alpha value is -2.72. The van der Waals surface area contributed by atoms with Crippen LogP contribution in [0.5, 0.6) is 0 Å². The van der Waals surface area contributed by atoms with E-state index in [0.717, 1.165) is 11.1 Å². The van der Waals surface area contributed by atoms with E-state index in [-0.39, 0.29) is 12.5 Å². The summed E-state index contributed by atoms with van der Waals surface area (Å²) in [6.07, 6.45) is 1.06. The van der Waals surface area contributed by atoms with Gasteiger partial charge >= 0.3 is 0 Å². The molecule has 0 bridgehead atoms. The van der Waals surface area contributed by atoms with Gasteiger partial charge in [0.05, 0.1) is 17.7 Å². The third-order valence-electron chi connectivity index (χ3n) is 3.36. The van der Waals surface area contributed by atoms with E-state index in [1.165, 1.54) is 28.4 Å². The van der Waals surface area contributed by atoms with Crippen molar-refractivity contribution in [1.29, 1.82) is 0 Å². The topological polar surface area (TPSA) is 105 Å². The normalized spacial score (nSPS) is 11.3. The lowest BCUT2D eigenvalue weighted by molar-refractivity contribution is 0.0769. The molecule has 2 aromatic heterocycles. The van der Waals surface area contributed by atoms with Gasteiger partial charge in [-0.1, -0.05) is 11.2 Å². The van der Waals surface area contributed by atoms with Crippen LogP contribution in [0, 0.1) is 0 Å². The number of benzene rings is 1. The van der Waals surface area contributed by atoms with Crippen molar-refractivity contribution in [2.45, 2.75) is 6.54 Å². The van der Waals surface area contributed by atoms with E-state index in [9.17, 15) is 13.2 Å². The molecule has 0 aliphatic heterocycles. The Kier molecular flexibility index (Phi) is 5.05. The zero-order valence-electron chi connectivity index (χ0n) is 14.0. The van der Waals surface area contributed by atoms with Gasteiger partial charge in [0.25, 0.3) is 5.91 Å². The van der Waals surface area contributed by atoms with Crippen LogP contribution in [0.2, 0.25) is 0 Å². The number of rotatable bonds is 6. The molecule has 2 heterocycles. The predicted molar refractivity (Wildman–Crippen MR) is 98.3 cm³/mol. The van der Waals surface area contributed by atoms with Gasteiger partial charge in [-0.05, 0) is 35.7 Å². The van der Waals surface area contributed by atoms with Gasteiger partial charge in [0.15, 0.2) is 0 Å². The molecular formula is C16H16N4O4S2. The molecule has 0 aliphatic carbocycles. The number of carbonyl (C=O) groups is 1. The van der Waals surface area contributed by atoms with Gasteiger partial charge in [-0.3, -0.25) is 9.52 Å². The number of carbonyl (C=O) groups excluding carboxylic acids is 1.